The van der Waals surface area contributed by atoms with Crippen LogP contribution in [0.25, 0.3) is 0 Å². The number of likely N-dealkylation sites (tertiary alicyclic amines) is 1. The Bertz CT molecular complexity index is 470. The van der Waals surface area contributed by atoms with Crippen molar-refractivity contribution in [3.63, 3.8) is 0 Å². The van der Waals surface area contributed by atoms with Crippen molar-refractivity contribution in [1.82, 2.24) is 10.2 Å². The molecule has 1 spiro atoms. The lowest BCUT2D eigenvalue weighted by Gasteiger charge is -2.37. The van der Waals surface area contributed by atoms with Crippen molar-refractivity contribution in [1.29, 1.82) is 0 Å². The van der Waals surface area contributed by atoms with Crippen molar-refractivity contribution >= 4 is 12.0 Å². The third-order valence-corrected chi connectivity index (χ3v) is 3.46. The van der Waals surface area contributed by atoms with Gasteiger partial charge in [-0.15, -0.1) is 0 Å². The fourth-order valence-electron chi connectivity index (χ4n) is 2.57. The van der Waals surface area contributed by atoms with E-state index in [0.717, 1.165) is 12.8 Å². The number of nitrogens with one attached hydrogen (secondary N) is 1. The number of carbonyl (C=O) groups excluding carboxylic acids is 2. The molecule has 96 valence electrons. The molecule has 2 saturated heterocycles. The van der Waals surface area contributed by atoms with Gasteiger partial charge in [0.05, 0.1) is 24.9 Å². The summed E-state index contributed by atoms with van der Waals surface area (Å²) >= 11 is 0. The molecule has 1 atom stereocenters. The molecule has 2 aliphatic heterocycles. The van der Waals surface area contributed by atoms with E-state index in [-0.39, 0.29) is 5.91 Å². The number of nitrogens with zero attached hydrogens (tertiary/aromatic N) is 1. The van der Waals surface area contributed by atoms with Gasteiger partial charge in [0.25, 0.3) is 5.91 Å². The van der Waals surface area contributed by atoms with Crippen LogP contribution < -0.4 is 5.32 Å². The maximum Gasteiger partial charge on any atom is 0.407 e. The summed E-state index contributed by atoms with van der Waals surface area (Å²) in [7, 11) is 0. The van der Waals surface area contributed by atoms with Gasteiger partial charge in [0.15, 0.2) is 0 Å². The Morgan fingerprint density at radius 3 is 3.06 bits per heavy atom. The summed E-state index contributed by atoms with van der Waals surface area (Å²) in [5.74, 6) is -0.0780. The molecule has 18 heavy (non-hydrogen) atoms. The highest BCUT2D eigenvalue weighted by Crippen LogP contribution is 2.28. The van der Waals surface area contributed by atoms with Crippen molar-refractivity contribution in [3.05, 3.63) is 24.2 Å². The summed E-state index contributed by atoms with van der Waals surface area (Å²) in [6.45, 7) is 1.60. The molecule has 0 unspecified atom stereocenters. The van der Waals surface area contributed by atoms with Crippen LogP contribution >= 0.6 is 0 Å². The second-order valence-corrected chi connectivity index (χ2v) is 4.77. The largest absolute Gasteiger partial charge is 0.472 e. The van der Waals surface area contributed by atoms with Gasteiger partial charge in [0.1, 0.15) is 11.9 Å². The second kappa shape index (κ2) is 4.04. The number of rotatable bonds is 1. The van der Waals surface area contributed by atoms with Crippen molar-refractivity contribution in [3.8, 4) is 0 Å². The number of alkyl carbamates (subject to hydrolysis) is 1. The van der Waals surface area contributed by atoms with Gasteiger partial charge in [-0.1, -0.05) is 0 Å². The van der Waals surface area contributed by atoms with Gasteiger partial charge in [0, 0.05) is 6.54 Å². The topological polar surface area (TPSA) is 71.8 Å². The SMILES string of the molecule is O=C1NC[C@@]2(CCCN(C(=O)c3ccoc3)C2)O1. The van der Waals surface area contributed by atoms with Crippen LogP contribution in [-0.2, 0) is 4.74 Å². The van der Waals surface area contributed by atoms with Crippen LogP contribution in [0, 0.1) is 0 Å². The number of hydrogen-bond acceptors (Lipinski definition) is 4. The van der Waals surface area contributed by atoms with E-state index in [4.69, 9.17) is 9.15 Å². The molecular weight excluding hydrogens is 236 g/mol. The Balaban J connectivity index is 1.75. The fourth-order valence-corrected chi connectivity index (χ4v) is 2.57. The molecule has 2 aliphatic rings. The van der Waals surface area contributed by atoms with E-state index < -0.39 is 11.7 Å². The molecule has 0 aromatic carbocycles. The number of furan rings is 1. The Hall–Kier alpha value is -1.98. The number of ether oxygens (including phenoxy) is 1. The van der Waals surface area contributed by atoms with Gasteiger partial charge in [-0.05, 0) is 18.9 Å². The quantitative estimate of drug-likeness (QED) is 0.807. The molecule has 1 N–H and O–H groups in total. The van der Waals surface area contributed by atoms with Crippen LogP contribution in [0.2, 0.25) is 0 Å². The molecule has 2 fully saturated rings. The second-order valence-electron chi connectivity index (χ2n) is 4.77. The number of hydrogen-bond donors (Lipinski definition) is 1. The molecule has 3 heterocycles. The van der Waals surface area contributed by atoms with Gasteiger partial charge in [0.2, 0.25) is 0 Å². The molecule has 2 amide bonds. The molecule has 6 heteroatoms. The fraction of sp³-hybridized carbons (Fsp3) is 0.500. The van der Waals surface area contributed by atoms with Crippen LogP contribution in [0.15, 0.2) is 23.0 Å². The molecule has 1 aromatic rings. The highest BCUT2D eigenvalue weighted by Gasteiger charge is 2.44. The minimum absolute atomic E-state index is 0.0780. The lowest BCUT2D eigenvalue weighted by Crippen LogP contribution is -2.52. The Kier molecular flexibility index (Phi) is 2.50. The smallest absolute Gasteiger partial charge is 0.407 e. The van der Waals surface area contributed by atoms with Crippen LogP contribution in [0.3, 0.4) is 0 Å². The van der Waals surface area contributed by atoms with Crippen LogP contribution in [0.1, 0.15) is 23.2 Å². The Labute approximate surface area is 104 Å². The third-order valence-electron chi connectivity index (χ3n) is 3.46. The first-order chi connectivity index (χ1) is 8.69. The van der Waals surface area contributed by atoms with Crippen LogP contribution in [0.5, 0.6) is 0 Å². The van der Waals surface area contributed by atoms with E-state index in [9.17, 15) is 9.59 Å². The monoisotopic (exact) mass is 250 g/mol. The van der Waals surface area contributed by atoms with Crippen molar-refractivity contribution < 1.29 is 18.7 Å². The average Bonchev–Trinajstić information content (AvgIpc) is 2.99. The van der Waals surface area contributed by atoms with Crippen molar-refractivity contribution in [2.24, 2.45) is 0 Å². The zero-order chi connectivity index (χ0) is 12.6. The lowest BCUT2D eigenvalue weighted by atomic mass is 9.93. The number of piperidine rings is 1. The van der Waals surface area contributed by atoms with Crippen molar-refractivity contribution in [2.75, 3.05) is 19.6 Å². The minimum atomic E-state index is -0.547. The summed E-state index contributed by atoms with van der Waals surface area (Å²) in [5, 5.41) is 2.66. The van der Waals surface area contributed by atoms with Gasteiger partial charge in [-0.2, -0.15) is 0 Å². The molecule has 1 aromatic heterocycles. The normalized spacial score (nSPS) is 27.1. The van der Waals surface area contributed by atoms with Gasteiger partial charge >= 0.3 is 6.09 Å². The summed E-state index contributed by atoms with van der Waals surface area (Å²) in [6.07, 6.45) is 4.14. The van der Waals surface area contributed by atoms with E-state index in [2.05, 4.69) is 5.32 Å². The van der Waals surface area contributed by atoms with Crippen LogP contribution in [0.4, 0.5) is 4.79 Å². The predicted molar refractivity (Wildman–Crippen MR) is 61.1 cm³/mol. The first kappa shape index (κ1) is 11.1. The maximum atomic E-state index is 12.2. The summed E-state index contributed by atoms with van der Waals surface area (Å²) in [6, 6.07) is 1.64. The highest BCUT2D eigenvalue weighted by atomic mass is 16.6. The van der Waals surface area contributed by atoms with Crippen molar-refractivity contribution in [2.45, 2.75) is 18.4 Å². The molecule has 0 aliphatic carbocycles. The summed E-state index contributed by atoms with van der Waals surface area (Å²) in [5.41, 5.74) is -0.0151. The summed E-state index contributed by atoms with van der Waals surface area (Å²) in [4.78, 5) is 25.1. The average molecular weight is 250 g/mol. The maximum absolute atomic E-state index is 12.2. The molecular formula is C12H14N2O4. The van der Waals surface area contributed by atoms with Crippen LogP contribution in [-0.4, -0.2) is 42.1 Å². The third kappa shape index (κ3) is 1.83. The zero-order valence-corrected chi connectivity index (χ0v) is 9.85. The summed E-state index contributed by atoms with van der Waals surface area (Å²) < 4.78 is 10.2. The molecule has 3 rings (SSSR count). The van der Waals surface area contributed by atoms with Gasteiger partial charge in [-0.3, -0.25) is 4.79 Å². The first-order valence-electron chi connectivity index (χ1n) is 5.97. The Morgan fingerprint density at radius 2 is 2.39 bits per heavy atom. The van der Waals surface area contributed by atoms with E-state index >= 15 is 0 Å². The first-order valence-corrected chi connectivity index (χ1v) is 5.97. The molecule has 0 saturated carbocycles. The minimum Gasteiger partial charge on any atom is -0.472 e. The molecule has 6 nitrogen and oxygen atoms in total. The molecule has 0 bridgehead atoms. The van der Waals surface area contributed by atoms with E-state index in [1.165, 1.54) is 12.5 Å². The number of carbonyl (C=O) groups is 2. The lowest BCUT2D eigenvalue weighted by molar-refractivity contribution is -0.00506. The zero-order valence-electron chi connectivity index (χ0n) is 9.85. The highest BCUT2D eigenvalue weighted by molar-refractivity contribution is 5.94. The predicted octanol–water partition coefficient (Wildman–Crippen LogP) is 0.994. The number of amides is 2. The van der Waals surface area contributed by atoms with E-state index in [0.29, 0.717) is 25.2 Å². The Morgan fingerprint density at radius 1 is 1.50 bits per heavy atom. The van der Waals surface area contributed by atoms with E-state index in [1.54, 1.807) is 11.0 Å². The molecule has 0 radical (unpaired) electrons. The van der Waals surface area contributed by atoms with E-state index in [1.807, 2.05) is 0 Å². The van der Waals surface area contributed by atoms with Gasteiger partial charge < -0.3 is 19.4 Å². The standard InChI is InChI=1S/C12H14N2O4/c15-10(9-2-5-17-6-9)14-4-1-3-12(8-14)7-13-11(16)18-12/h2,5-6H,1,3-4,7-8H2,(H,13,16)/t12-/m1/s1. The van der Waals surface area contributed by atoms with Gasteiger partial charge in [-0.25, -0.2) is 4.79 Å².